The van der Waals surface area contributed by atoms with E-state index in [1.165, 1.54) is 115 Å². The van der Waals surface area contributed by atoms with Gasteiger partial charge in [-0.1, -0.05) is 128 Å². The number of nitrogens with zero attached hydrogens (tertiary/aromatic N) is 1. The second-order valence-corrected chi connectivity index (χ2v) is 11.4. The van der Waals surface area contributed by atoms with Crippen molar-refractivity contribution in [3.8, 4) is 5.75 Å². The van der Waals surface area contributed by atoms with Crippen LogP contribution in [0.5, 0.6) is 5.75 Å². The van der Waals surface area contributed by atoms with Crippen LogP contribution in [0.15, 0.2) is 36.4 Å². The largest absolute Gasteiger partial charge is 0.545 e. The number of aromatic hydroxyl groups is 1. The molecule has 5 heteroatoms. The summed E-state index contributed by atoms with van der Waals surface area (Å²) in [6.45, 7) is 4.43. The minimum absolute atomic E-state index is 0.110. The fraction of sp³-hybridized carbons (Fsp3) is 0.667. The van der Waals surface area contributed by atoms with E-state index in [1.807, 2.05) is 20.2 Å². The van der Waals surface area contributed by atoms with Crippen molar-refractivity contribution in [2.75, 3.05) is 14.1 Å². The summed E-state index contributed by atoms with van der Waals surface area (Å²) in [7, 11) is 3.74. The lowest BCUT2D eigenvalue weighted by molar-refractivity contribution is -1.09. The first-order valence-corrected chi connectivity index (χ1v) is 15.2. The first kappa shape index (κ1) is 33.9. The Balaban J connectivity index is 0.000000431. The minimum Gasteiger partial charge on any atom is -0.545 e. The second kappa shape index (κ2) is 19.9. The zero-order valence-electron chi connectivity index (χ0n) is 24.7. The van der Waals surface area contributed by atoms with Crippen molar-refractivity contribution in [1.29, 1.82) is 0 Å². The number of carbonyl (C=O) groups excluding carboxylic acids is 1. The van der Waals surface area contributed by atoms with Gasteiger partial charge in [0, 0.05) is 12.0 Å². The van der Waals surface area contributed by atoms with Crippen LogP contribution in [-0.2, 0) is 0 Å². The van der Waals surface area contributed by atoms with Crippen LogP contribution >= 0.6 is 0 Å². The summed E-state index contributed by atoms with van der Waals surface area (Å²) in [4.78, 5) is 10.6. The van der Waals surface area contributed by atoms with Crippen molar-refractivity contribution < 1.29 is 24.9 Å². The maximum Gasteiger partial charge on any atom is 0.125 e. The molecule has 0 aromatic heterocycles. The molecule has 2 aromatic rings. The van der Waals surface area contributed by atoms with E-state index in [0.29, 0.717) is 6.04 Å². The van der Waals surface area contributed by atoms with Crippen molar-refractivity contribution in [1.82, 2.24) is 0 Å². The summed E-state index contributed by atoms with van der Waals surface area (Å²) >= 11 is 0. The van der Waals surface area contributed by atoms with Crippen LogP contribution < -0.4 is 5.11 Å². The van der Waals surface area contributed by atoms with Gasteiger partial charge in [-0.15, -0.1) is 0 Å². The second-order valence-electron chi connectivity index (χ2n) is 11.4. The molecule has 2 aromatic carbocycles. The molecular weight excluding hydrogens is 474 g/mol. The van der Waals surface area contributed by atoms with E-state index in [-0.39, 0.29) is 16.0 Å². The van der Waals surface area contributed by atoms with Gasteiger partial charge in [-0.2, -0.15) is 4.65 Å². The first-order valence-electron chi connectivity index (χ1n) is 15.2. The topological polar surface area (TPSA) is 80.6 Å². The Kier molecular flexibility index (Phi) is 17.7. The molecule has 0 aliphatic carbocycles. The average Bonchev–Trinajstić information content (AvgIpc) is 2.87. The van der Waals surface area contributed by atoms with Crippen LogP contribution in [0.3, 0.4) is 0 Å². The van der Waals surface area contributed by atoms with Crippen molar-refractivity contribution >= 4 is 16.7 Å². The molecule has 0 spiro atoms. The molecule has 2 rings (SSSR count). The summed E-state index contributed by atoms with van der Waals surface area (Å²) in [5, 5.41) is 31.4. The lowest BCUT2D eigenvalue weighted by atomic mass is 10.0. The number of unbranched alkanes of at least 4 members (excludes halogenated alkanes) is 15. The monoisotopic (exact) mass is 529 g/mol. The van der Waals surface area contributed by atoms with Crippen LogP contribution in [0.2, 0.25) is 0 Å². The summed E-state index contributed by atoms with van der Waals surface area (Å²) in [6.07, 6.45) is 23.8. The Labute approximate surface area is 232 Å². The highest BCUT2D eigenvalue weighted by Gasteiger charge is 2.20. The standard InChI is InChI=1S/C22H48NO.C11H8O3/c1-5-6-7-8-9-10-11-12-13-14-15-16-17-18-19-20-21-22(2)23(3,4)24;12-10-6-8-4-2-1-3-7(8)5-9(10)11(13)14/h22,24H,5-21H2,1-4H3;1-6,12H,(H,13,14)/q+1;/p-1. The number of hydroxylamine groups is 3. The van der Waals surface area contributed by atoms with Gasteiger partial charge in [0.1, 0.15) is 11.8 Å². The SMILES string of the molecule is CCCCCCCCCCCCCCCCCCC(C)[N+](C)(C)O.O=C([O-])c1cc2ccccc2cc1O. The zero-order chi connectivity index (χ0) is 28.2. The molecular formula is C33H55NO4. The van der Waals surface area contributed by atoms with Crippen molar-refractivity contribution in [3.63, 3.8) is 0 Å². The molecule has 0 fully saturated rings. The number of carbonyl (C=O) groups is 1. The average molecular weight is 530 g/mol. The summed E-state index contributed by atoms with van der Waals surface area (Å²) in [5.74, 6) is -1.63. The molecule has 0 saturated carbocycles. The van der Waals surface area contributed by atoms with Crippen molar-refractivity contribution in [2.24, 2.45) is 0 Å². The molecule has 0 amide bonds. The number of carboxylic acids is 1. The number of fused-ring (bicyclic) bond motifs is 1. The highest BCUT2D eigenvalue weighted by Crippen LogP contribution is 2.24. The number of carboxylic acid groups (broad SMARTS) is 1. The summed E-state index contributed by atoms with van der Waals surface area (Å²) in [5.41, 5.74) is -0.177. The van der Waals surface area contributed by atoms with Crippen LogP contribution in [0.4, 0.5) is 0 Å². The zero-order valence-corrected chi connectivity index (χ0v) is 24.7. The van der Waals surface area contributed by atoms with Gasteiger partial charge in [0.15, 0.2) is 0 Å². The van der Waals surface area contributed by atoms with E-state index < -0.39 is 5.97 Å². The molecule has 0 saturated heterocycles. The third kappa shape index (κ3) is 15.3. The van der Waals surface area contributed by atoms with Crippen molar-refractivity contribution in [2.45, 2.75) is 129 Å². The van der Waals surface area contributed by atoms with E-state index in [4.69, 9.17) is 0 Å². The lowest BCUT2D eigenvalue weighted by Gasteiger charge is -2.27. The Morgan fingerprint density at radius 1 is 0.763 bits per heavy atom. The number of quaternary nitrogens is 1. The smallest absolute Gasteiger partial charge is 0.125 e. The molecule has 2 N–H and O–H groups in total. The van der Waals surface area contributed by atoms with Gasteiger partial charge in [0.05, 0.1) is 20.1 Å². The molecule has 216 valence electrons. The molecule has 0 aliphatic rings. The molecule has 0 radical (unpaired) electrons. The first-order chi connectivity index (χ1) is 18.2. The van der Waals surface area contributed by atoms with Gasteiger partial charge in [0.2, 0.25) is 0 Å². The van der Waals surface area contributed by atoms with E-state index in [9.17, 15) is 20.2 Å². The third-order valence-corrected chi connectivity index (χ3v) is 7.64. The number of hydrogen-bond acceptors (Lipinski definition) is 4. The predicted molar refractivity (Wildman–Crippen MR) is 157 cm³/mol. The Hall–Kier alpha value is -2.11. The van der Waals surface area contributed by atoms with Gasteiger partial charge in [-0.25, -0.2) is 5.21 Å². The highest BCUT2D eigenvalue weighted by molar-refractivity contribution is 5.96. The highest BCUT2D eigenvalue weighted by atomic mass is 16.5. The predicted octanol–water partition coefficient (Wildman–Crippen LogP) is 8.40. The van der Waals surface area contributed by atoms with Gasteiger partial charge in [0.25, 0.3) is 0 Å². The van der Waals surface area contributed by atoms with E-state index in [2.05, 4.69) is 13.8 Å². The Morgan fingerprint density at radius 2 is 1.16 bits per heavy atom. The maximum atomic E-state index is 10.6. The Bertz CT molecular complexity index is 890. The van der Waals surface area contributed by atoms with Gasteiger partial charge in [-0.05, 0) is 36.2 Å². The van der Waals surface area contributed by atoms with E-state index in [0.717, 1.165) is 17.2 Å². The number of rotatable bonds is 19. The lowest BCUT2D eigenvalue weighted by Crippen LogP contribution is -2.43. The summed E-state index contributed by atoms with van der Waals surface area (Å²) in [6, 6.07) is 10.4. The summed E-state index contributed by atoms with van der Waals surface area (Å²) < 4.78 is 0.110. The molecule has 5 nitrogen and oxygen atoms in total. The molecule has 1 unspecified atom stereocenters. The van der Waals surface area contributed by atoms with Crippen molar-refractivity contribution in [3.05, 3.63) is 42.0 Å². The molecule has 0 aliphatic heterocycles. The minimum atomic E-state index is -1.37. The number of hydrogen-bond donors (Lipinski definition) is 2. The Morgan fingerprint density at radius 3 is 1.55 bits per heavy atom. The number of aromatic carboxylic acids is 1. The number of benzene rings is 2. The van der Waals surface area contributed by atoms with E-state index >= 15 is 0 Å². The third-order valence-electron chi connectivity index (χ3n) is 7.64. The quantitative estimate of drug-likeness (QED) is 0.109. The molecule has 0 heterocycles. The fourth-order valence-electron chi connectivity index (χ4n) is 4.70. The van der Waals surface area contributed by atoms with Gasteiger partial charge < -0.3 is 15.0 Å². The normalized spacial score (nSPS) is 12.2. The van der Waals surface area contributed by atoms with E-state index in [1.54, 1.807) is 18.2 Å². The van der Waals surface area contributed by atoms with Crippen LogP contribution in [0.25, 0.3) is 10.8 Å². The van der Waals surface area contributed by atoms with Crippen LogP contribution in [-0.4, -0.2) is 41.1 Å². The maximum absolute atomic E-state index is 10.6. The molecule has 38 heavy (non-hydrogen) atoms. The fourth-order valence-corrected chi connectivity index (χ4v) is 4.70. The van der Waals surface area contributed by atoms with Crippen LogP contribution in [0.1, 0.15) is 133 Å². The molecule has 0 bridgehead atoms. The van der Waals surface area contributed by atoms with Crippen LogP contribution in [0, 0.1) is 0 Å². The van der Waals surface area contributed by atoms with Gasteiger partial charge >= 0.3 is 0 Å². The molecule has 1 atom stereocenters. The number of phenols is 1. The van der Waals surface area contributed by atoms with Gasteiger partial charge in [-0.3, -0.25) is 0 Å².